The van der Waals surface area contributed by atoms with Crippen LogP contribution in [0.25, 0.3) is 0 Å². The zero-order valence-corrected chi connectivity index (χ0v) is 20.6. The number of fused-ring (bicyclic) bond motifs is 5. The molecular formula is C28H34F3NO3. The molecule has 3 fully saturated rings. The lowest BCUT2D eigenvalue weighted by Gasteiger charge is -2.58. The van der Waals surface area contributed by atoms with E-state index in [-0.39, 0.29) is 39.9 Å². The molecule has 4 nitrogen and oxygen atoms in total. The van der Waals surface area contributed by atoms with Crippen molar-refractivity contribution in [2.24, 2.45) is 34.5 Å². The van der Waals surface area contributed by atoms with Gasteiger partial charge < -0.3 is 10.1 Å². The van der Waals surface area contributed by atoms with Crippen molar-refractivity contribution in [3.8, 4) is 5.75 Å². The van der Waals surface area contributed by atoms with Crippen molar-refractivity contribution in [2.75, 3.05) is 12.4 Å². The molecule has 0 radical (unpaired) electrons. The Balaban J connectivity index is 1.36. The highest BCUT2D eigenvalue weighted by molar-refractivity contribution is 5.94. The molecular weight excluding hydrogens is 455 g/mol. The van der Waals surface area contributed by atoms with Crippen LogP contribution >= 0.6 is 0 Å². The van der Waals surface area contributed by atoms with E-state index in [1.54, 1.807) is 0 Å². The number of ether oxygens (including phenoxy) is 1. The van der Waals surface area contributed by atoms with Crippen molar-refractivity contribution < 1.29 is 27.5 Å². The minimum Gasteiger partial charge on any atom is -0.497 e. The third-order valence-corrected chi connectivity index (χ3v) is 10.0. The molecule has 4 aliphatic rings. The molecule has 3 saturated carbocycles. The number of rotatable bonds is 3. The van der Waals surface area contributed by atoms with Gasteiger partial charge in [0.2, 0.25) is 5.91 Å². The summed E-state index contributed by atoms with van der Waals surface area (Å²) >= 11 is 0. The van der Waals surface area contributed by atoms with E-state index in [1.165, 1.54) is 18.7 Å². The molecule has 0 spiro atoms. The van der Waals surface area contributed by atoms with Crippen LogP contribution in [-0.2, 0) is 15.8 Å². The highest BCUT2D eigenvalue weighted by Gasteiger charge is 2.60. The molecule has 1 aromatic carbocycles. The quantitative estimate of drug-likeness (QED) is 0.508. The van der Waals surface area contributed by atoms with Gasteiger partial charge in [-0.15, -0.1) is 0 Å². The van der Waals surface area contributed by atoms with Gasteiger partial charge in [-0.2, -0.15) is 13.2 Å². The molecule has 4 aliphatic carbocycles. The van der Waals surface area contributed by atoms with Gasteiger partial charge >= 0.3 is 6.18 Å². The Hall–Kier alpha value is -2.31. The Labute approximate surface area is 204 Å². The lowest BCUT2D eigenvalue weighted by Crippen LogP contribution is -2.51. The van der Waals surface area contributed by atoms with E-state index in [9.17, 15) is 22.8 Å². The van der Waals surface area contributed by atoms with Gasteiger partial charge in [0, 0.05) is 24.1 Å². The van der Waals surface area contributed by atoms with Gasteiger partial charge in [0.15, 0.2) is 5.78 Å². The fourth-order valence-electron chi connectivity index (χ4n) is 8.17. The molecule has 1 amide bonds. The van der Waals surface area contributed by atoms with Gasteiger partial charge in [-0.1, -0.05) is 19.4 Å². The number of hydrogen-bond donors (Lipinski definition) is 1. The summed E-state index contributed by atoms with van der Waals surface area (Å²) < 4.78 is 45.1. The van der Waals surface area contributed by atoms with Crippen LogP contribution in [0.5, 0.6) is 5.75 Å². The van der Waals surface area contributed by atoms with Crippen molar-refractivity contribution in [2.45, 2.75) is 71.4 Å². The molecule has 0 heterocycles. The molecule has 1 aromatic rings. The van der Waals surface area contributed by atoms with Gasteiger partial charge in [0.05, 0.1) is 12.7 Å². The summed E-state index contributed by atoms with van der Waals surface area (Å²) in [5.41, 5.74) is 0.513. The van der Waals surface area contributed by atoms with Gasteiger partial charge in [-0.25, -0.2) is 0 Å². The summed E-state index contributed by atoms with van der Waals surface area (Å²) in [7, 11) is 1.32. The second-order valence-electron chi connectivity index (χ2n) is 11.6. The summed E-state index contributed by atoms with van der Waals surface area (Å²) in [6.07, 6.45) is 4.61. The predicted octanol–water partition coefficient (Wildman–Crippen LogP) is 6.80. The largest absolute Gasteiger partial charge is 0.497 e. The van der Waals surface area contributed by atoms with E-state index in [0.717, 1.165) is 57.1 Å². The number of alkyl halides is 3. The molecule has 35 heavy (non-hydrogen) atoms. The van der Waals surface area contributed by atoms with E-state index >= 15 is 0 Å². The summed E-state index contributed by atoms with van der Waals surface area (Å²) in [5.74, 6) is 1.37. The first kappa shape index (κ1) is 24.4. The lowest BCUT2D eigenvalue weighted by atomic mass is 9.47. The van der Waals surface area contributed by atoms with Crippen LogP contribution in [0.3, 0.4) is 0 Å². The van der Waals surface area contributed by atoms with Crippen molar-refractivity contribution in [3.63, 3.8) is 0 Å². The topological polar surface area (TPSA) is 55.4 Å². The Bertz CT molecular complexity index is 1080. The fourth-order valence-corrected chi connectivity index (χ4v) is 8.17. The van der Waals surface area contributed by atoms with Crippen LogP contribution in [0.15, 0.2) is 29.8 Å². The van der Waals surface area contributed by atoms with E-state index in [2.05, 4.69) is 19.2 Å². The SMILES string of the molecule is COc1cc(NC(=O)C2CC[C@H]3[C@@H]4CCC5=CC(=O)CC[C@]5(C)[C@@H]4CC[C@]23C)cc(C(F)(F)F)c1. The number of amides is 1. The number of nitrogens with one attached hydrogen (secondary N) is 1. The Kier molecular flexibility index (Phi) is 5.84. The first-order valence-electron chi connectivity index (χ1n) is 12.8. The highest BCUT2D eigenvalue weighted by Crippen LogP contribution is 2.66. The smallest absolute Gasteiger partial charge is 0.416 e. The average molecular weight is 490 g/mol. The van der Waals surface area contributed by atoms with E-state index in [1.807, 2.05) is 6.08 Å². The van der Waals surface area contributed by atoms with Gasteiger partial charge in [-0.05, 0) is 91.7 Å². The zero-order chi connectivity index (χ0) is 25.2. The minimum atomic E-state index is -4.52. The molecule has 1 N–H and O–H groups in total. The van der Waals surface area contributed by atoms with Crippen molar-refractivity contribution in [1.29, 1.82) is 0 Å². The Morgan fingerprint density at radius 3 is 2.51 bits per heavy atom. The highest BCUT2D eigenvalue weighted by atomic mass is 19.4. The third-order valence-electron chi connectivity index (χ3n) is 10.0. The maximum absolute atomic E-state index is 13.4. The predicted molar refractivity (Wildman–Crippen MR) is 127 cm³/mol. The molecule has 0 bridgehead atoms. The first-order valence-corrected chi connectivity index (χ1v) is 12.8. The molecule has 0 aromatic heterocycles. The molecule has 0 saturated heterocycles. The van der Waals surface area contributed by atoms with Gasteiger partial charge in [0.1, 0.15) is 5.75 Å². The molecule has 7 heteroatoms. The van der Waals surface area contributed by atoms with Crippen molar-refractivity contribution in [1.82, 2.24) is 0 Å². The first-order chi connectivity index (χ1) is 16.5. The second-order valence-corrected chi connectivity index (χ2v) is 11.6. The Morgan fingerprint density at radius 1 is 1.03 bits per heavy atom. The van der Waals surface area contributed by atoms with Crippen LogP contribution in [0.2, 0.25) is 0 Å². The van der Waals surface area contributed by atoms with E-state index < -0.39 is 11.7 Å². The van der Waals surface area contributed by atoms with Crippen LogP contribution in [0.1, 0.15) is 70.8 Å². The van der Waals surface area contributed by atoms with Crippen LogP contribution in [0.4, 0.5) is 18.9 Å². The number of methoxy groups -OCH3 is 1. The number of allylic oxidation sites excluding steroid dienone is 1. The van der Waals surface area contributed by atoms with Crippen LogP contribution < -0.4 is 10.1 Å². The molecule has 190 valence electrons. The maximum atomic E-state index is 13.4. The van der Waals surface area contributed by atoms with Crippen LogP contribution in [0, 0.1) is 34.5 Å². The summed E-state index contributed by atoms with van der Waals surface area (Å²) in [5, 5.41) is 2.79. The van der Waals surface area contributed by atoms with Crippen LogP contribution in [-0.4, -0.2) is 18.8 Å². The third kappa shape index (κ3) is 3.99. The van der Waals surface area contributed by atoms with Gasteiger partial charge in [0.25, 0.3) is 0 Å². The number of carbonyl (C=O) groups is 2. The molecule has 6 atom stereocenters. The molecule has 1 unspecified atom stereocenters. The van der Waals surface area contributed by atoms with Gasteiger partial charge in [-0.3, -0.25) is 9.59 Å². The Morgan fingerprint density at radius 2 is 1.80 bits per heavy atom. The molecule has 0 aliphatic heterocycles. The van der Waals surface area contributed by atoms with E-state index in [4.69, 9.17) is 4.74 Å². The zero-order valence-electron chi connectivity index (χ0n) is 20.6. The number of benzene rings is 1. The summed E-state index contributed by atoms with van der Waals surface area (Å²) in [6.45, 7) is 4.56. The summed E-state index contributed by atoms with van der Waals surface area (Å²) in [4.78, 5) is 25.5. The molecule has 5 rings (SSSR count). The maximum Gasteiger partial charge on any atom is 0.416 e. The number of carbonyl (C=O) groups excluding carboxylic acids is 2. The summed E-state index contributed by atoms with van der Waals surface area (Å²) in [6, 6.07) is 3.36. The number of ketones is 1. The number of halogens is 3. The fraction of sp³-hybridized carbons (Fsp3) is 0.643. The van der Waals surface area contributed by atoms with E-state index in [0.29, 0.717) is 24.2 Å². The van der Waals surface area contributed by atoms with Crippen molar-refractivity contribution >= 4 is 17.4 Å². The average Bonchev–Trinajstić information content (AvgIpc) is 3.16. The monoisotopic (exact) mass is 489 g/mol. The van der Waals surface area contributed by atoms with Crippen molar-refractivity contribution in [3.05, 3.63) is 35.4 Å². The second kappa shape index (κ2) is 8.38. The minimum absolute atomic E-state index is 0.0661. The normalized spacial score (nSPS) is 36.5. The standard InChI is InChI=1S/C28H34F3NO3/c1-26-10-8-19(33)13-16(26)4-5-21-22-6-7-24(27(22,2)11-9-23(21)26)25(34)32-18-12-17(28(29,30)31)14-20(15-18)35-3/h12-15,21-24H,4-11H2,1-3H3,(H,32,34)/t21-,22-,23+,24?,26-,27-/m0/s1. The number of hydrogen-bond acceptors (Lipinski definition) is 3. The number of anilines is 1. The lowest BCUT2D eigenvalue weighted by molar-refractivity contribution is -0.137.